The molecule has 6 heavy (non-hydrogen) atoms. The van der Waals surface area contributed by atoms with Gasteiger partial charge in [0.2, 0.25) is 5.88 Å². The Bertz CT molecular complexity index is 112. The summed E-state index contributed by atoms with van der Waals surface area (Å²) < 4.78 is 0. The monoisotopic (exact) mass is 83.0 g/mol. The van der Waals surface area contributed by atoms with Crippen molar-refractivity contribution >= 4 is 0 Å². The Morgan fingerprint density at radius 1 is 2.00 bits per heavy atom. The van der Waals surface area contributed by atoms with Crippen LogP contribution in [0.15, 0.2) is 6.07 Å². The fourth-order valence-electron chi connectivity index (χ4n) is 0.219. The molecule has 1 rings (SSSR count). The third-order valence-corrected chi connectivity index (χ3v) is 0.436. The zero-order valence-electron chi connectivity index (χ0n) is 2.97. The van der Waals surface area contributed by atoms with Gasteiger partial charge in [-0.25, -0.2) is 0 Å². The predicted molar refractivity (Wildman–Crippen MR) is 19.1 cm³/mol. The van der Waals surface area contributed by atoms with Gasteiger partial charge in [0.1, 0.15) is 0 Å². The minimum atomic E-state index is -0.0185. The maximum absolute atomic E-state index is 8.30. The van der Waals surface area contributed by atoms with E-state index >= 15 is 0 Å². The van der Waals surface area contributed by atoms with Crippen LogP contribution in [-0.4, -0.2) is 15.3 Å². The molecule has 2 N–H and O–H groups in total. The smallest absolute Gasteiger partial charge is 0.230 e. The number of hydrogen-bond acceptors (Lipinski definition) is 2. The topological polar surface area (TPSA) is 48.9 Å². The summed E-state index contributed by atoms with van der Waals surface area (Å²) in [5.74, 6) is -0.0185. The van der Waals surface area contributed by atoms with Crippen LogP contribution in [0.1, 0.15) is 0 Å². The van der Waals surface area contributed by atoms with Crippen molar-refractivity contribution in [3.8, 4) is 5.88 Å². The van der Waals surface area contributed by atoms with E-state index in [-0.39, 0.29) is 5.88 Å². The summed E-state index contributed by atoms with van der Waals surface area (Å²) >= 11 is 0. The normalized spacial score (nSPS) is 8.67. The molecule has 1 radical (unpaired) electrons. The molecule has 0 saturated heterocycles. The molecule has 0 amide bonds. The van der Waals surface area contributed by atoms with Crippen molar-refractivity contribution in [1.29, 1.82) is 0 Å². The first-order valence-electron chi connectivity index (χ1n) is 1.50. The summed E-state index contributed by atoms with van der Waals surface area (Å²) in [5.41, 5.74) is 0. The van der Waals surface area contributed by atoms with Gasteiger partial charge < -0.3 is 5.11 Å². The number of nitrogens with one attached hydrogen (secondary N) is 1. The lowest BCUT2D eigenvalue weighted by Crippen LogP contribution is -1.59. The van der Waals surface area contributed by atoms with Crippen LogP contribution in [0.3, 0.4) is 0 Å². The zero-order chi connectivity index (χ0) is 4.41. The van der Waals surface area contributed by atoms with Crippen molar-refractivity contribution in [2.24, 2.45) is 0 Å². The number of aromatic hydroxyl groups is 1. The number of nitrogens with zero attached hydrogens (tertiary/aromatic N) is 1. The Morgan fingerprint density at radius 2 is 2.83 bits per heavy atom. The number of aromatic nitrogens is 2. The molecule has 0 aliphatic heterocycles. The predicted octanol–water partition coefficient (Wildman–Crippen LogP) is -0.0845. The molecule has 31 valence electrons. The van der Waals surface area contributed by atoms with Crippen LogP contribution in [0.25, 0.3) is 0 Å². The van der Waals surface area contributed by atoms with E-state index in [1.165, 1.54) is 6.07 Å². The first-order chi connectivity index (χ1) is 2.89. The maximum Gasteiger partial charge on any atom is 0.230 e. The quantitative estimate of drug-likeness (QED) is 0.460. The minimum absolute atomic E-state index is 0.0185. The highest BCUT2D eigenvalue weighted by Crippen LogP contribution is 1.93. The Hall–Kier alpha value is -0.990. The lowest BCUT2D eigenvalue weighted by atomic mass is 10.7. The highest BCUT2D eigenvalue weighted by molar-refractivity contribution is 4.99. The first kappa shape index (κ1) is 3.21. The molecule has 1 heterocycles. The second-order valence-corrected chi connectivity index (χ2v) is 0.870. The molecule has 3 nitrogen and oxygen atoms in total. The molecule has 0 spiro atoms. The van der Waals surface area contributed by atoms with Gasteiger partial charge in [0.15, 0.2) is 0 Å². The number of hydrogen-bond donors (Lipinski definition) is 2. The Morgan fingerprint density at radius 3 is 3.00 bits per heavy atom. The van der Waals surface area contributed by atoms with E-state index in [2.05, 4.69) is 16.4 Å². The van der Waals surface area contributed by atoms with Gasteiger partial charge >= 0.3 is 0 Å². The summed E-state index contributed by atoms with van der Waals surface area (Å²) in [6.07, 6.45) is 2.44. The van der Waals surface area contributed by atoms with Crippen molar-refractivity contribution in [2.45, 2.75) is 0 Å². The van der Waals surface area contributed by atoms with Gasteiger partial charge in [-0.1, -0.05) is 0 Å². The van der Waals surface area contributed by atoms with Gasteiger partial charge in [-0.05, 0) is 0 Å². The standard InChI is InChI=1S/C3H3N2O/c6-3-1-2-4-5-3/h1H,(H2,4,5,6). The average molecular weight is 83.1 g/mol. The van der Waals surface area contributed by atoms with Crippen molar-refractivity contribution < 1.29 is 5.11 Å². The second kappa shape index (κ2) is 1.01. The first-order valence-corrected chi connectivity index (χ1v) is 1.50. The van der Waals surface area contributed by atoms with Gasteiger partial charge in [0.25, 0.3) is 0 Å². The SMILES string of the molecule is Oc1c[c][nH]n1. The molecule has 0 saturated carbocycles. The fraction of sp³-hybridized carbons (Fsp3) is 0. The molecule has 0 aliphatic carbocycles. The van der Waals surface area contributed by atoms with E-state index in [9.17, 15) is 0 Å². The maximum atomic E-state index is 8.30. The van der Waals surface area contributed by atoms with Gasteiger partial charge in [0, 0.05) is 6.07 Å². The van der Waals surface area contributed by atoms with Gasteiger partial charge in [-0.2, -0.15) is 0 Å². The zero-order valence-corrected chi connectivity index (χ0v) is 2.97. The third kappa shape index (κ3) is 0.337. The molecule has 3 heteroatoms. The molecule has 0 fully saturated rings. The van der Waals surface area contributed by atoms with Crippen LogP contribution < -0.4 is 0 Å². The molecular formula is C3H3N2O. The lowest BCUT2D eigenvalue weighted by molar-refractivity contribution is 0.452. The van der Waals surface area contributed by atoms with Gasteiger partial charge in [-0.15, -0.1) is 5.10 Å². The van der Waals surface area contributed by atoms with Crippen molar-refractivity contribution in [3.63, 3.8) is 0 Å². The highest BCUT2D eigenvalue weighted by Gasteiger charge is 1.79. The minimum Gasteiger partial charge on any atom is -0.492 e. The second-order valence-electron chi connectivity index (χ2n) is 0.870. The summed E-state index contributed by atoms with van der Waals surface area (Å²) in [6.45, 7) is 0. The van der Waals surface area contributed by atoms with Gasteiger partial charge in [-0.3, -0.25) is 5.10 Å². The van der Waals surface area contributed by atoms with Crippen molar-refractivity contribution in [3.05, 3.63) is 12.3 Å². The summed E-state index contributed by atoms with van der Waals surface area (Å²) in [6, 6.07) is 1.35. The van der Waals surface area contributed by atoms with Crippen LogP contribution >= 0.6 is 0 Å². The van der Waals surface area contributed by atoms with Crippen molar-refractivity contribution in [2.75, 3.05) is 0 Å². The van der Waals surface area contributed by atoms with E-state index in [0.717, 1.165) is 0 Å². The molecular weight excluding hydrogens is 80.0 g/mol. The van der Waals surface area contributed by atoms with E-state index < -0.39 is 0 Å². The molecule has 0 unspecified atom stereocenters. The van der Waals surface area contributed by atoms with E-state index in [4.69, 9.17) is 5.11 Å². The Balaban J connectivity index is 3.05. The number of H-pyrrole nitrogens is 1. The highest BCUT2D eigenvalue weighted by atomic mass is 16.3. The van der Waals surface area contributed by atoms with Crippen LogP contribution in [0.4, 0.5) is 0 Å². The van der Waals surface area contributed by atoms with Crippen molar-refractivity contribution in [1.82, 2.24) is 10.2 Å². The van der Waals surface area contributed by atoms with Crippen LogP contribution in [-0.2, 0) is 0 Å². The Kier molecular flexibility index (Phi) is 0.538. The summed E-state index contributed by atoms with van der Waals surface area (Å²) in [5, 5.41) is 13.9. The molecule has 0 aromatic carbocycles. The third-order valence-electron chi connectivity index (χ3n) is 0.436. The molecule has 0 atom stereocenters. The largest absolute Gasteiger partial charge is 0.492 e. The summed E-state index contributed by atoms with van der Waals surface area (Å²) in [7, 11) is 0. The Labute approximate surface area is 34.6 Å². The van der Waals surface area contributed by atoms with E-state index in [1.54, 1.807) is 0 Å². The number of aromatic amines is 1. The van der Waals surface area contributed by atoms with E-state index in [0.29, 0.717) is 0 Å². The lowest BCUT2D eigenvalue weighted by Gasteiger charge is -1.66. The van der Waals surface area contributed by atoms with E-state index in [1.807, 2.05) is 0 Å². The van der Waals surface area contributed by atoms with Crippen LogP contribution in [0.5, 0.6) is 5.88 Å². The molecule has 0 aliphatic rings. The molecule has 1 aromatic heterocycles. The van der Waals surface area contributed by atoms with Gasteiger partial charge in [0.05, 0.1) is 6.20 Å². The van der Waals surface area contributed by atoms with Crippen LogP contribution in [0, 0.1) is 6.20 Å². The molecule has 0 bridgehead atoms. The fourth-order valence-corrected chi connectivity index (χ4v) is 0.219. The molecule has 1 aromatic rings. The number of rotatable bonds is 0. The van der Waals surface area contributed by atoms with Crippen LogP contribution in [0.2, 0.25) is 0 Å². The summed E-state index contributed by atoms with van der Waals surface area (Å²) in [4.78, 5) is 0. The average Bonchev–Trinajstić information content (AvgIpc) is 1.86.